The molecule has 0 bridgehead atoms. The van der Waals surface area contributed by atoms with Gasteiger partial charge in [-0.2, -0.15) is 0 Å². The summed E-state index contributed by atoms with van der Waals surface area (Å²) in [5.74, 6) is 0.846. The zero-order valence-electron chi connectivity index (χ0n) is 18.5. The van der Waals surface area contributed by atoms with E-state index in [1.165, 1.54) is 6.08 Å². The average Bonchev–Trinajstić information content (AvgIpc) is 3.30. The van der Waals surface area contributed by atoms with Crippen LogP contribution in [0.15, 0.2) is 58.1 Å². The van der Waals surface area contributed by atoms with Gasteiger partial charge in [-0.15, -0.1) is 0 Å². The Morgan fingerprint density at radius 3 is 2.44 bits per heavy atom. The van der Waals surface area contributed by atoms with Crippen molar-refractivity contribution in [3.05, 3.63) is 60.1 Å². The maximum absolute atomic E-state index is 12.3. The highest BCUT2D eigenvalue weighted by Crippen LogP contribution is 2.18. The fraction of sp³-hybridized carbons (Fsp3) is 0.417. The molecule has 32 heavy (non-hydrogen) atoms. The average molecular weight is 459 g/mol. The molecule has 1 aliphatic heterocycles. The molecule has 3 rings (SSSR count). The molecule has 2 aromatic rings. The molecule has 1 N–H and O–H groups in total. The molecular weight excluding hydrogens is 428 g/mol. The first-order chi connectivity index (χ1) is 15.3. The largest absolute Gasteiger partial charge is 0.465 e. The Bertz CT molecular complexity index is 1030. The smallest absolute Gasteiger partial charge is 0.246 e. The molecule has 0 radical (unpaired) electrons. The van der Waals surface area contributed by atoms with Crippen molar-refractivity contribution in [1.29, 1.82) is 0 Å². The molecule has 172 valence electrons. The predicted molar refractivity (Wildman–Crippen MR) is 123 cm³/mol. The number of sulfone groups is 1. The van der Waals surface area contributed by atoms with Crippen molar-refractivity contribution < 1.29 is 22.4 Å². The van der Waals surface area contributed by atoms with Gasteiger partial charge in [0, 0.05) is 25.7 Å². The Balaban J connectivity index is 1.40. The number of nitrogens with zero attached hydrogens (tertiary/aromatic N) is 1. The van der Waals surface area contributed by atoms with Crippen molar-refractivity contribution in [3.8, 4) is 0 Å². The van der Waals surface area contributed by atoms with Gasteiger partial charge >= 0.3 is 0 Å². The fourth-order valence-electron chi connectivity index (χ4n) is 3.58. The number of rotatable bonds is 8. The highest BCUT2D eigenvalue weighted by Gasteiger charge is 2.22. The first-order valence-electron chi connectivity index (χ1n) is 10.9. The van der Waals surface area contributed by atoms with Crippen LogP contribution in [0.5, 0.6) is 0 Å². The maximum Gasteiger partial charge on any atom is 0.246 e. The van der Waals surface area contributed by atoms with Crippen LogP contribution in [-0.4, -0.2) is 50.0 Å². The second-order valence-electron chi connectivity index (χ2n) is 8.34. The molecule has 7 nitrogen and oxygen atoms in total. The van der Waals surface area contributed by atoms with Crippen molar-refractivity contribution in [2.45, 2.75) is 43.3 Å². The second kappa shape index (κ2) is 10.6. The minimum Gasteiger partial charge on any atom is -0.465 e. The molecule has 0 saturated carbocycles. The van der Waals surface area contributed by atoms with Gasteiger partial charge in [0.25, 0.3) is 0 Å². The standard InChI is InChI=1S/C24H30N2O5S/c1-18(2)32(29,30)22-8-5-19(6-9-22)16-23(27)25-17-20-11-13-26(14-12-20)24(28)10-7-21-4-3-15-31-21/h3-10,15,18,20H,11-14,16-17H2,1-2H3,(H,25,27)/b10-7+. The summed E-state index contributed by atoms with van der Waals surface area (Å²) in [7, 11) is -3.31. The maximum atomic E-state index is 12.3. The summed E-state index contributed by atoms with van der Waals surface area (Å²) in [6, 6.07) is 10.1. The van der Waals surface area contributed by atoms with Gasteiger partial charge < -0.3 is 14.6 Å². The highest BCUT2D eigenvalue weighted by molar-refractivity contribution is 7.92. The third kappa shape index (κ3) is 6.32. The number of amides is 2. The molecular formula is C24H30N2O5S. The zero-order chi connectivity index (χ0) is 23.1. The lowest BCUT2D eigenvalue weighted by Gasteiger charge is -2.31. The van der Waals surface area contributed by atoms with Crippen LogP contribution in [0.25, 0.3) is 6.08 Å². The zero-order valence-corrected chi connectivity index (χ0v) is 19.3. The lowest BCUT2D eigenvalue weighted by atomic mass is 9.96. The van der Waals surface area contributed by atoms with Crippen LogP contribution in [0, 0.1) is 5.92 Å². The van der Waals surface area contributed by atoms with Gasteiger partial charge in [-0.3, -0.25) is 9.59 Å². The van der Waals surface area contributed by atoms with Crippen molar-refractivity contribution >= 4 is 27.7 Å². The molecule has 0 atom stereocenters. The van der Waals surface area contributed by atoms with Gasteiger partial charge in [0.2, 0.25) is 11.8 Å². The molecule has 1 saturated heterocycles. The molecule has 1 aliphatic rings. The minimum atomic E-state index is -3.31. The number of furan rings is 1. The van der Waals surface area contributed by atoms with Gasteiger partial charge in [0.1, 0.15) is 5.76 Å². The molecule has 0 spiro atoms. The Labute approximate surface area is 189 Å². The van der Waals surface area contributed by atoms with Crippen LogP contribution >= 0.6 is 0 Å². The van der Waals surface area contributed by atoms with Gasteiger partial charge in [-0.25, -0.2) is 8.42 Å². The Morgan fingerprint density at radius 1 is 1.16 bits per heavy atom. The normalized spacial score (nSPS) is 15.4. The first-order valence-corrected chi connectivity index (χ1v) is 12.4. The number of benzene rings is 1. The number of hydrogen-bond acceptors (Lipinski definition) is 5. The van der Waals surface area contributed by atoms with E-state index >= 15 is 0 Å². The third-order valence-electron chi connectivity index (χ3n) is 5.68. The lowest BCUT2D eigenvalue weighted by molar-refractivity contribution is -0.127. The van der Waals surface area contributed by atoms with Gasteiger partial charge in [-0.1, -0.05) is 12.1 Å². The van der Waals surface area contributed by atoms with Crippen molar-refractivity contribution in [2.24, 2.45) is 5.92 Å². The van der Waals surface area contributed by atoms with Crippen LogP contribution in [0.4, 0.5) is 0 Å². The number of nitrogens with one attached hydrogen (secondary N) is 1. The molecule has 2 heterocycles. The first kappa shape index (κ1) is 23.8. The summed E-state index contributed by atoms with van der Waals surface area (Å²) in [5.41, 5.74) is 0.772. The third-order valence-corrected chi connectivity index (χ3v) is 7.86. The summed E-state index contributed by atoms with van der Waals surface area (Å²) in [4.78, 5) is 26.7. The van der Waals surface area contributed by atoms with Gasteiger partial charge in [0.15, 0.2) is 9.84 Å². The Kier molecular flexibility index (Phi) is 7.90. The SMILES string of the molecule is CC(C)S(=O)(=O)c1ccc(CC(=O)NCC2CCN(C(=O)/C=C/c3ccco3)CC2)cc1. The summed E-state index contributed by atoms with van der Waals surface area (Å²) in [5, 5.41) is 2.48. The quantitative estimate of drug-likeness (QED) is 0.613. The van der Waals surface area contributed by atoms with E-state index in [2.05, 4.69) is 5.32 Å². The minimum absolute atomic E-state index is 0.0354. The number of piperidine rings is 1. The summed E-state index contributed by atoms with van der Waals surface area (Å²) in [6.07, 6.45) is 6.63. The van der Waals surface area contributed by atoms with E-state index in [9.17, 15) is 18.0 Å². The van der Waals surface area contributed by atoms with Crippen LogP contribution in [-0.2, 0) is 25.8 Å². The van der Waals surface area contributed by atoms with Gasteiger partial charge in [-0.05, 0) is 68.5 Å². The number of hydrogen-bond donors (Lipinski definition) is 1. The monoisotopic (exact) mass is 458 g/mol. The summed E-state index contributed by atoms with van der Waals surface area (Å²) in [6.45, 7) is 5.19. The van der Waals surface area contributed by atoms with E-state index in [-0.39, 0.29) is 23.1 Å². The fourth-order valence-corrected chi connectivity index (χ4v) is 4.64. The van der Waals surface area contributed by atoms with E-state index in [0.717, 1.165) is 18.4 Å². The molecule has 2 amide bonds. The van der Waals surface area contributed by atoms with E-state index in [1.807, 2.05) is 4.90 Å². The van der Waals surface area contributed by atoms with Crippen molar-refractivity contribution in [1.82, 2.24) is 10.2 Å². The van der Waals surface area contributed by atoms with Gasteiger partial charge in [0.05, 0.1) is 22.8 Å². The highest BCUT2D eigenvalue weighted by atomic mass is 32.2. The molecule has 8 heteroatoms. The number of likely N-dealkylation sites (tertiary alicyclic amines) is 1. The predicted octanol–water partition coefficient (Wildman–Crippen LogP) is 3.07. The second-order valence-corrected chi connectivity index (χ2v) is 10.8. The van der Waals surface area contributed by atoms with E-state index in [4.69, 9.17) is 4.42 Å². The van der Waals surface area contributed by atoms with Crippen LogP contribution < -0.4 is 5.32 Å². The van der Waals surface area contributed by atoms with E-state index in [0.29, 0.717) is 31.3 Å². The molecule has 1 aromatic carbocycles. The van der Waals surface area contributed by atoms with E-state index in [1.54, 1.807) is 62.6 Å². The summed E-state index contributed by atoms with van der Waals surface area (Å²) >= 11 is 0. The lowest BCUT2D eigenvalue weighted by Crippen LogP contribution is -2.41. The molecule has 1 fully saturated rings. The van der Waals surface area contributed by atoms with Crippen LogP contribution in [0.3, 0.4) is 0 Å². The van der Waals surface area contributed by atoms with Crippen molar-refractivity contribution in [2.75, 3.05) is 19.6 Å². The van der Waals surface area contributed by atoms with E-state index < -0.39 is 15.1 Å². The number of carbonyl (C=O) groups is 2. The topological polar surface area (TPSA) is 96.7 Å². The van der Waals surface area contributed by atoms with Crippen LogP contribution in [0.2, 0.25) is 0 Å². The van der Waals surface area contributed by atoms with Crippen LogP contribution in [0.1, 0.15) is 38.0 Å². The number of carbonyl (C=O) groups excluding carboxylic acids is 2. The molecule has 1 aromatic heterocycles. The molecule has 0 aliphatic carbocycles. The summed E-state index contributed by atoms with van der Waals surface area (Å²) < 4.78 is 29.6. The van der Waals surface area contributed by atoms with Crippen molar-refractivity contribution in [3.63, 3.8) is 0 Å². The Hall–Kier alpha value is -2.87. The molecule has 0 unspecified atom stereocenters. The Morgan fingerprint density at radius 2 is 1.84 bits per heavy atom.